The van der Waals surface area contributed by atoms with Crippen LogP contribution in [-0.4, -0.2) is 30.4 Å². The number of rotatable bonds is 8. The van der Waals surface area contributed by atoms with Crippen LogP contribution in [0, 0.1) is 0 Å². The summed E-state index contributed by atoms with van der Waals surface area (Å²) in [6.45, 7) is 0.0741. The van der Waals surface area contributed by atoms with Crippen LogP contribution in [0.3, 0.4) is 0 Å². The second-order valence-corrected chi connectivity index (χ2v) is 6.69. The smallest absolute Gasteiger partial charge is 0.247 e. The number of furan rings is 1. The van der Waals surface area contributed by atoms with Gasteiger partial charge < -0.3 is 19.4 Å². The first-order valence-electron chi connectivity index (χ1n) is 8.60. The number of nitrogens with zero attached hydrogens (tertiary/aromatic N) is 1. The number of carbonyl (C=O) groups excluding carboxylic acids is 2. The van der Waals surface area contributed by atoms with E-state index in [-0.39, 0.29) is 24.9 Å². The summed E-state index contributed by atoms with van der Waals surface area (Å²) in [5.74, 6) is 0.547. The third-order valence-corrected chi connectivity index (χ3v) is 4.62. The van der Waals surface area contributed by atoms with E-state index < -0.39 is 0 Å². The number of ether oxygens (including phenoxy) is 1. The molecule has 1 N–H and O–H groups in total. The number of amides is 2. The zero-order valence-corrected chi connectivity index (χ0v) is 16.1. The van der Waals surface area contributed by atoms with Gasteiger partial charge in [-0.3, -0.25) is 9.59 Å². The number of benzene rings is 1. The summed E-state index contributed by atoms with van der Waals surface area (Å²) < 4.78 is 10.6. The fourth-order valence-electron chi connectivity index (χ4n) is 2.56. The lowest BCUT2D eigenvalue weighted by molar-refractivity contribution is -0.131. The monoisotopic (exact) mass is 396 g/mol. The number of thiophene rings is 1. The van der Waals surface area contributed by atoms with Gasteiger partial charge >= 0.3 is 0 Å². The molecule has 2 heterocycles. The number of nitrogens with one attached hydrogen (secondary N) is 1. The lowest BCUT2D eigenvalue weighted by Crippen LogP contribution is -2.36. The van der Waals surface area contributed by atoms with Crippen LogP contribution in [-0.2, 0) is 16.1 Å². The highest BCUT2D eigenvalue weighted by atomic mass is 32.1. The molecule has 0 bridgehead atoms. The predicted octanol–water partition coefficient (Wildman–Crippen LogP) is 4.03. The number of anilines is 1. The molecular formula is C21H20N2O4S. The first-order chi connectivity index (χ1) is 13.7. The number of carbonyl (C=O) groups is 2. The molecule has 1 aromatic carbocycles. The third-order valence-electron chi connectivity index (χ3n) is 3.92. The van der Waals surface area contributed by atoms with Gasteiger partial charge in [0.25, 0.3) is 0 Å². The molecule has 6 nitrogen and oxygen atoms in total. The second-order valence-electron chi connectivity index (χ2n) is 5.91. The third kappa shape index (κ3) is 5.34. The van der Waals surface area contributed by atoms with Crippen molar-refractivity contribution in [3.63, 3.8) is 0 Å². The van der Waals surface area contributed by atoms with Gasteiger partial charge in [-0.15, -0.1) is 0 Å². The summed E-state index contributed by atoms with van der Waals surface area (Å²) in [4.78, 5) is 26.6. The Balaban J connectivity index is 1.70. The maximum absolute atomic E-state index is 12.7. The molecule has 7 heteroatoms. The summed E-state index contributed by atoms with van der Waals surface area (Å²) in [6.07, 6.45) is 4.72. The SMILES string of the molecule is COc1ccccc1NC(=O)CN(Cc1ccco1)C(=O)/C=C/c1ccsc1. The highest BCUT2D eigenvalue weighted by Crippen LogP contribution is 2.23. The van der Waals surface area contributed by atoms with Gasteiger partial charge in [0, 0.05) is 6.08 Å². The molecule has 0 saturated heterocycles. The van der Waals surface area contributed by atoms with E-state index in [0.29, 0.717) is 17.2 Å². The summed E-state index contributed by atoms with van der Waals surface area (Å²) >= 11 is 1.55. The van der Waals surface area contributed by atoms with Crippen molar-refractivity contribution in [2.45, 2.75) is 6.54 Å². The van der Waals surface area contributed by atoms with Gasteiger partial charge in [0.1, 0.15) is 18.1 Å². The Bertz CT molecular complexity index is 933. The maximum Gasteiger partial charge on any atom is 0.247 e. The highest BCUT2D eigenvalue weighted by Gasteiger charge is 2.18. The molecule has 0 saturated carbocycles. The average Bonchev–Trinajstić information content (AvgIpc) is 3.40. The minimum absolute atomic E-state index is 0.119. The van der Waals surface area contributed by atoms with E-state index >= 15 is 0 Å². The zero-order chi connectivity index (χ0) is 19.8. The van der Waals surface area contributed by atoms with E-state index in [2.05, 4.69) is 5.32 Å². The van der Waals surface area contributed by atoms with Gasteiger partial charge in [-0.2, -0.15) is 11.3 Å². The number of para-hydroxylation sites is 2. The zero-order valence-electron chi connectivity index (χ0n) is 15.3. The van der Waals surface area contributed by atoms with Crippen LogP contribution in [0.4, 0.5) is 5.69 Å². The van der Waals surface area contributed by atoms with Crippen molar-refractivity contribution < 1.29 is 18.7 Å². The Kier molecular flexibility index (Phi) is 6.64. The van der Waals surface area contributed by atoms with E-state index in [1.54, 1.807) is 47.7 Å². The summed E-state index contributed by atoms with van der Waals surface area (Å²) in [5, 5.41) is 6.66. The van der Waals surface area contributed by atoms with Gasteiger partial charge in [0.15, 0.2) is 0 Å². The summed E-state index contributed by atoms with van der Waals surface area (Å²) in [5.41, 5.74) is 1.49. The molecule has 2 amide bonds. The topological polar surface area (TPSA) is 71.8 Å². The van der Waals surface area contributed by atoms with Gasteiger partial charge in [-0.25, -0.2) is 0 Å². The van der Waals surface area contributed by atoms with Crippen molar-refractivity contribution in [2.24, 2.45) is 0 Å². The van der Waals surface area contributed by atoms with Crippen LogP contribution in [0.5, 0.6) is 5.75 Å². The highest BCUT2D eigenvalue weighted by molar-refractivity contribution is 7.08. The quantitative estimate of drug-likeness (QED) is 0.584. The Hall–Kier alpha value is -3.32. The first kappa shape index (κ1) is 19.4. The van der Waals surface area contributed by atoms with Crippen molar-refractivity contribution >= 4 is 34.9 Å². The van der Waals surface area contributed by atoms with Crippen LogP contribution in [0.2, 0.25) is 0 Å². The van der Waals surface area contributed by atoms with Crippen LogP contribution in [0.1, 0.15) is 11.3 Å². The lowest BCUT2D eigenvalue weighted by atomic mass is 10.2. The standard InChI is InChI=1S/C21H20N2O4S/c1-26-19-7-3-2-6-18(19)22-20(24)14-23(13-17-5-4-11-27-17)21(25)9-8-16-10-12-28-15-16/h2-12,15H,13-14H2,1H3,(H,22,24)/b9-8+. The minimum atomic E-state index is -0.326. The van der Waals surface area contributed by atoms with Gasteiger partial charge in [0.05, 0.1) is 25.6 Å². The summed E-state index contributed by atoms with van der Waals surface area (Å²) in [7, 11) is 1.53. The maximum atomic E-state index is 12.7. The minimum Gasteiger partial charge on any atom is -0.495 e. The molecule has 0 radical (unpaired) electrons. The van der Waals surface area contributed by atoms with Gasteiger partial charge in [-0.05, 0) is 52.7 Å². The van der Waals surface area contributed by atoms with E-state index in [4.69, 9.17) is 9.15 Å². The van der Waals surface area contributed by atoms with Crippen molar-refractivity contribution in [2.75, 3.05) is 19.0 Å². The molecule has 0 fully saturated rings. The number of hydrogen-bond donors (Lipinski definition) is 1. The van der Waals surface area contributed by atoms with E-state index in [9.17, 15) is 9.59 Å². The molecule has 0 spiro atoms. The molecule has 0 unspecified atom stereocenters. The molecule has 3 rings (SSSR count). The molecule has 0 aliphatic heterocycles. The lowest BCUT2D eigenvalue weighted by Gasteiger charge is -2.20. The molecule has 2 aromatic heterocycles. The normalized spacial score (nSPS) is 10.8. The Morgan fingerprint density at radius 3 is 2.79 bits per heavy atom. The Morgan fingerprint density at radius 2 is 2.07 bits per heavy atom. The van der Waals surface area contributed by atoms with Crippen molar-refractivity contribution in [3.05, 3.63) is 76.9 Å². The van der Waals surface area contributed by atoms with Crippen molar-refractivity contribution in [3.8, 4) is 5.75 Å². The number of hydrogen-bond acceptors (Lipinski definition) is 5. The molecule has 0 atom stereocenters. The molecule has 28 heavy (non-hydrogen) atoms. The summed E-state index contributed by atoms with van der Waals surface area (Å²) in [6, 6.07) is 12.5. The van der Waals surface area contributed by atoms with E-state index in [1.807, 2.05) is 22.9 Å². The predicted molar refractivity (Wildman–Crippen MR) is 109 cm³/mol. The molecule has 0 aliphatic carbocycles. The molecule has 0 aliphatic rings. The van der Waals surface area contributed by atoms with E-state index in [1.165, 1.54) is 24.3 Å². The molecular weight excluding hydrogens is 376 g/mol. The molecule has 144 valence electrons. The van der Waals surface area contributed by atoms with Gasteiger partial charge in [-0.1, -0.05) is 12.1 Å². The first-order valence-corrected chi connectivity index (χ1v) is 9.54. The van der Waals surface area contributed by atoms with Gasteiger partial charge in [0.2, 0.25) is 11.8 Å². The Morgan fingerprint density at radius 1 is 1.21 bits per heavy atom. The molecule has 3 aromatic rings. The fourth-order valence-corrected chi connectivity index (χ4v) is 3.18. The van der Waals surface area contributed by atoms with E-state index in [0.717, 1.165) is 5.56 Å². The largest absolute Gasteiger partial charge is 0.495 e. The van der Waals surface area contributed by atoms with Crippen LogP contribution in [0.25, 0.3) is 6.08 Å². The van der Waals surface area contributed by atoms with Crippen molar-refractivity contribution in [1.29, 1.82) is 0 Å². The van der Waals surface area contributed by atoms with Crippen molar-refractivity contribution in [1.82, 2.24) is 4.90 Å². The number of methoxy groups -OCH3 is 1. The van der Waals surface area contributed by atoms with Crippen LogP contribution < -0.4 is 10.1 Å². The van der Waals surface area contributed by atoms with Crippen LogP contribution in [0.15, 0.2) is 70.0 Å². The Labute approximate surface area is 167 Å². The van der Waals surface area contributed by atoms with Crippen LogP contribution >= 0.6 is 11.3 Å². The second kappa shape index (κ2) is 9.57. The fraction of sp³-hybridized carbons (Fsp3) is 0.143. The average molecular weight is 396 g/mol.